The van der Waals surface area contributed by atoms with Crippen molar-refractivity contribution in [2.45, 2.75) is 18.9 Å². The van der Waals surface area contributed by atoms with Gasteiger partial charge in [0.1, 0.15) is 4.60 Å². The molecule has 3 heterocycles. The summed E-state index contributed by atoms with van der Waals surface area (Å²) in [5.74, 6) is 0.848. The number of imidazole rings is 1. The molecule has 2 aromatic rings. The maximum atomic E-state index is 9.38. The number of hydrogen-bond acceptors (Lipinski definition) is 4. The number of hydrogen-bond donors (Lipinski definition) is 1. The number of rotatable bonds is 2. The Balaban J connectivity index is 2.12. The fourth-order valence-corrected chi connectivity index (χ4v) is 2.77. The summed E-state index contributed by atoms with van der Waals surface area (Å²) in [7, 11) is 0. The van der Waals surface area contributed by atoms with Crippen LogP contribution in [0.4, 0.5) is 5.82 Å². The Kier molecular flexibility index (Phi) is 2.76. The van der Waals surface area contributed by atoms with Crippen LogP contribution in [0.1, 0.15) is 12.8 Å². The van der Waals surface area contributed by atoms with E-state index in [1.165, 1.54) is 0 Å². The molecule has 0 spiro atoms. The summed E-state index contributed by atoms with van der Waals surface area (Å²) in [4.78, 5) is 11.0. The smallest absolute Gasteiger partial charge is 0.180 e. The highest BCUT2D eigenvalue weighted by Crippen LogP contribution is 2.28. The fraction of sp³-hybridized carbons (Fsp3) is 0.455. The molecule has 2 aromatic heterocycles. The molecular weight excluding hydrogens is 284 g/mol. The van der Waals surface area contributed by atoms with Crippen molar-refractivity contribution < 1.29 is 5.11 Å². The van der Waals surface area contributed by atoms with Crippen LogP contribution >= 0.6 is 15.9 Å². The molecule has 1 aliphatic heterocycles. The molecule has 1 atom stereocenters. The zero-order valence-corrected chi connectivity index (χ0v) is 10.8. The molecule has 0 aromatic carbocycles. The third kappa shape index (κ3) is 1.81. The van der Waals surface area contributed by atoms with Crippen LogP contribution in [0.5, 0.6) is 0 Å². The van der Waals surface area contributed by atoms with Crippen LogP contribution in [0, 0.1) is 0 Å². The number of aromatic nitrogens is 3. The standard InChI is InChI=1S/C11H13BrN4O/c12-9-6-15-5-3-13-10(15)11(14-9)16-4-1-2-8(16)7-17/h3,5-6,8,17H,1-2,4,7H2/t8-/m1/s1. The molecule has 1 N–H and O–H groups in total. The third-order valence-electron chi connectivity index (χ3n) is 3.19. The summed E-state index contributed by atoms with van der Waals surface area (Å²) in [6.45, 7) is 1.10. The van der Waals surface area contributed by atoms with E-state index in [0.717, 1.165) is 35.5 Å². The van der Waals surface area contributed by atoms with Crippen LogP contribution in [0.3, 0.4) is 0 Å². The van der Waals surface area contributed by atoms with E-state index in [0.29, 0.717) is 0 Å². The zero-order valence-electron chi connectivity index (χ0n) is 9.25. The van der Waals surface area contributed by atoms with Gasteiger partial charge in [0.05, 0.1) is 12.6 Å². The molecule has 0 saturated carbocycles. The van der Waals surface area contributed by atoms with Gasteiger partial charge < -0.3 is 14.4 Å². The Morgan fingerprint density at radius 3 is 3.24 bits per heavy atom. The first-order chi connectivity index (χ1) is 8.29. The van der Waals surface area contributed by atoms with Crippen molar-refractivity contribution in [2.75, 3.05) is 18.1 Å². The summed E-state index contributed by atoms with van der Waals surface area (Å²) in [6, 6.07) is 0.164. The van der Waals surface area contributed by atoms with Gasteiger partial charge >= 0.3 is 0 Å². The van der Waals surface area contributed by atoms with Crippen LogP contribution in [0.25, 0.3) is 5.65 Å². The average Bonchev–Trinajstić information content (AvgIpc) is 2.95. The second-order valence-corrected chi connectivity index (χ2v) is 5.03. The zero-order chi connectivity index (χ0) is 11.8. The molecule has 0 amide bonds. The van der Waals surface area contributed by atoms with Crippen LogP contribution in [0.2, 0.25) is 0 Å². The van der Waals surface area contributed by atoms with E-state index < -0.39 is 0 Å². The molecule has 3 rings (SSSR count). The van der Waals surface area contributed by atoms with Crippen molar-refractivity contribution >= 4 is 27.4 Å². The van der Waals surface area contributed by atoms with E-state index >= 15 is 0 Å². The van der Waals surface area contributed by atoms with E-state index in [9.17, 15) is 5.11 Å². The Hall–Kier alpha value is -1.14. The summed E-state index contributed by atoms with van der Waals surface area (Å²) in [5.41, 5.74) is 0.841. The lowest BCUT2D eigenvalue weighted by atomic mass is 10.2. The van der Waals surface area contributed by atoms with Gasteiger partial charge in [0, 0.05) is 25.1 Å². The van der Waals surface area contributed by atoms with Crippen LogP contribution < -0.4 is 4.90 Å². The van der Waals surface area contributed by atoms with E-state index in [1.807, 2.05) is 16.8 Å². The van der Waals surface area contributed by atoms with Crippen molar-refractivity contribution in [3.63, 3.8) is 0 Å². The second-order valence-electron chi connectivity index (χ2n) is 4.22. The highest BCUT2D eigenvalue weighted by Gasteiger charge is 2.27. The molecule has 0 radical (unpaired) electrons. The van der Waals surface area contributed by atoms with Crippen molar-refractivity contribution in [3.8, 4) is 0 Å². The first-order valence-corrected chi connectivity index (χ1v) is 6.45. The molecular formula is C11H13BrN4O. The topological polar surface area (TPSA) is 53.7 Å². The van der Waals surface area contributed by atoms with Gasteiger partial charge in [0.15, 0.2) is 11.5 Å². The lowest BCUT2D eigenvalue weighted by Crippen LogP contribution is -2.33. The Labute approximate surface area is 107 Å². The number of fused-ring (bicyclic) bond motifs is 1. The van der Waals surface area contributed by atoms with Gasteiger partial charge in [0.2, 0.25) is 0 Å². The number of aliphatic hydroxyl groups excluding tert-OH is 1. The molecule has 5 nitrogen and oxygen atoms in total. The van der Waals surface area contributed by atoms with Crippen LogP contribution in [-0.4, -0.2) is 38.7 Å². The van der Waals surface area contributed by atoms with E-state index in [-0.39, 0.29) is 12.6 Å². The number of nitrogens with zero attached hydrogens (tertiary/aromatic N) is 4. The van der Waals surface area contributed by atoms with Gasteiger partial charge in [-0.1, -0.05) is 0 Å². The Morgan fingerprint density at radius 2 is 2.41 bits per heavy atom. The highest BCUT2D eigenvalue weighted by molar-refractivity contribution is 9.10. The molecule has 17 heavy (non-hydrogen) atoms. The van der Waals surface area contributed by atoms with Gasteiger partial charge in [-0.3, -0.25) is 0 Å². The maximum absolute atomic E-state index is 9.38. The predicted octanol–water partition coefficient (Wildman–Crippen LogP) is 1.45. The average molecular weight is 297 g/mol. The van der Waals surface area contributed by atoms with Crippen molar-refractivity contribution in [1.29, 1.82) is 0 Å². The first-order valence-electron chi connectivity index (χ1n) is 5.66. The minimum absolute atomic E-state index is 0.164. The van der Waals surface area contributed by atoms with Crippen molar-refractivity contribution in [2.24, 2.45) is 0 Å². The lowest BCUT2D eigenvalue weighted by Gasteiger charge is -2.24. The van der Waals surface area contributed by atoms with Crippen LogP contribution in [0.15, 0.2) is 23.2 Å². The quantitative estimate of drug-likeness (QED) is 0.911. The second kappa shape index (κ2) is 4.27. The number of anilines is 1. The van der Waals surface area contributed by atoms with Gasteiger partial charge in [-0.15, -0.1) is 0 Å². The van der Waals surface area contributed by atoms with Gasteiger partial charge in [0.25, 0.3) is 0 Å². The van der Waals surface area contributed by atoms with E-state index in [2.05, 4.69) is 30.8 Å². The highest BCUT2D eigenvalue weighted by atomic mass is 79.9. The summed E-state index contributed by atoms with van der Waals surface area (Å²) < 4.78 is 2.72. The molecule has 6 heteroatoms. The minimum Gasteiger partial charge on any atom is -0.394 e. The molecule has 0 unspecified atom stereocenters. The number of aliphatic hydroxyl groups is 1. The summed E-state index contributed by atoms with van der Waals surface area (Å²) >= 11 is 3.41. The van der Waals surface area contributed by atoms with E-state index in [4.69, 9.17) is 0 Å². The first kappa shape index (κ1) is 11.0. The van der Waals surface area contributed by atoms with Gasteiger partial charge in [-0.05, 0) is 28.8 Å². The SMILES string of the molecule is OC[C@H]1CCCN1c1nc(Br)cn2ccnc12. The third-order valence-corrected chi connectivity index (χ3v) is 3.57. The largest absolute Gasteiger partial charge is 0.394 e. The fourth-order valence-electron chi connectivity index (χ4n) is 2.38. The molecule has 1 saturated heterocycles. The predicted molar refractivity (Wildman–Crippen MR) is 68.1 cm³/mol. The monoisotopic (exact) mass is 296 g/mol. The van der Waals surface area contributed by atoms with Gasteiger partial charge in [-0.25, -0.2) is 9.97 Å². The molecule has 90 valence electrons. The van der Waals surface area contributed by atoms with Crippen LogP contribution in [-0.2, 0) is 0 Å². The summed E-state index contributed by atoms with van der Waals surface area (Å²) in [6.07, 6.45) is 7.64. The molecule has 1 fully saturated rings. The van der Waals surface area contributed by atoms with E-state index in [1.54, 1.807) is 6.20 Å². The van der Waals surface area contributed by atoms with Crippen molar-refractivity contribution in [1.82, 2.24) is 14.4 Å². The molecule has 0 bridgehead atoms. The van der Waals surface area contributed by atoms with Crippen molar-refractivity contribution in [3.05, 3.63) is 23.2 Å². The lowest BCUT2D eigenvalue weighted by molar-refractivity contribution is 0.266. The molecule has 0 aliphatic carbocycles. The molecule has 1 aliphatic rings. The Bertz CT molecular complexity index is 541. The summed E-state index contributed by atoms with van der Waals surface area (Å²) in [5, 5.41) is 9.38. The normalized spacial score (nSPS) is 20.4. The maximum Gasteiger partial charge on any atom is 0.180 e. The number of halogens is 1. The Morgan fingerprint density at radius 1 is 1.53 bits per heavy atom. The minimum atomic E-state index is 0.164. The van der Waals surface area contributed by atoms with Gasteiger partial charge in [-0.2, -0.15) is 0 Å².